The molecule has 0 radical (unpaired) electrons. The molecule has 4 rings (SSSR count). The highest BCUT2D eigenvalue weighted by molar-refractivity contribution is 9.10. The standard InChI is InChI=1S/C25H19BrN2O8S2/c1-16-3-2-4-19(13-16)35-12-11-27-24(29)23(37-25(27)30)15-17-5-10-22(21(26)14-17)36-38(33,34)20-8-6-18(7-9-20)28(31)32/h2-10,13-15H,11-12H2,1H3/b23-15-. The minimum Gasteiger partial charge on any atom is -0.492 e. The maximum atomic E-state index is 12.8. The SMILES string of the molecule is Cc1cccc(OCCN2C(=O)S/C(=C\c3ccc(OS(=O)(=O)c4ccc([N+](=O)[O-])cc4)c(Br)c3)C2=O)c1. The van der Waals surface area contributed by atoms with E-state index in [0.29, 0.717) is 11.3 Å². The summed E-state index contributed by atoms with van der Waals surface area (Å²) >= 11 is 4.06. The molecule has 1 saturated heterocycles. The number of nitro benzene ring substituents is 1. The van der Waals surface area contributed by atoms with E-state index in [1.165, 1.54) is 24.3 Å². The zero-order chi connectivity index (χ0) is 27.4. The molecule has 1 aliphatic heterocycles. The van der Waals surface area contributed by atoms with Gasteiger partial charge < -0.3 is 8.92 Å². The molecular weight excluding hydrogens is 600 g/mol. The zero-order valence-corrected chi connectivity index (χ0v) is 22.9. The number of hydrogen-bond donors (Lipinski definition) is 0. The first kappa shape index (κ1) is 27.4. The van der Waals surface area contributed by atoms with E-state index in [-0.39, 0.29) is 38.9 Å². The van der Waals surface area contributed by atoms with Crippen molar-refractivity contribution in [1.29, 1.82) is 0 Å². The van der Waals surface area contributed by atoms with Crippen molar-refractivity contribution < 1.29 is 31.9 Å². The van der Waals surface area contributed by atoms with Gasteiger partial charge in [0.1, 0.15) is 17.3 Å². The summed E-state index contributed by atoms with van der Waals surface area (Å²) in [6.07, 6.45) is 1.52. The summed E-state index contributed by atoms with van der Waals surface area (Å²) in [7, 11) is -4.26. The van der Waals surface area contributed by atoms with E-state index in [1.54, 1.807) is 6.07 Å². The molecule has 13 heteroatoms. The van der Waals surface area contributed by atoms with Crippen molar-refractivity contribution in [1.82, 2.24) is 4.90 Å². The van der Waals surface area contributed by atoms with E-state index in [9.17, 15) is 28.1 Å². The molecule has 3 aromatic carbocycles. The predicted molar refractivity (Wildman–Crippen MR) is 144 cm³/mol. The van der Waals surface area contributed by atoms with Gasteiger partial charge in [-0.25, -0.2) is 0 Å². The van der Waals surface area contributed by atoms with E-state index in [4.69, 9.17) is 8.92 Å². The summed E-state index contributed by atoms with van der Waals surface area (Å²) in [5.41, 5.74) is 1.30. The fraction of sp³-hybridized carbons (Fsp3) is 0.120. The van der Waals surface area contributed by atoms with Crippen LogP contribution < -0.4 is 8.92 Å². The van der Waals surface area contributed by atoms with Gasteiger partial charge in [-0.05, 0) is 88.2 Å². The van der Waals surface area contributed by atoms with Crippen LogP contribution in [0, 0.1) is 17.0 Å². The maximum Gasteiger partial charge on any atom is 0.339 e. The van der Waals surface area contributed by atoms with E-state index in [1.807, 2.05) is 25.1 Å². The number of ether oxygens (including phenoxy) is 1. The van der Waals surface area contributed by atoms with Crippen LogP contribution in [0.3, 0.4) is 0 Å². The number of carbonyl (C=O) groups excluding carboxylic acids is 2. The lowest BCUT2D eigenvalue weighted by molar-refractivity contribution is -0.384. The van der Waals surface area contributed by atoms with E-state index < -0.39 is 26.2 Å². The van der Waals surface area contributed by atoms with Crippen molar-refractivity contribution >= 4 is 60.7 Å². The number of halogens is 1. The molecule has 0 saturated carbocycles. The number of thioether (sulfide) groups is 1. The molecule has 0 bridgehead atoms. The highest BCUT2D eigenvalue weighted by atomic mass is 79.9. The fourth-order valence-corrected chi connectivity index (χ4v) is 5.78. The first-order chi connectivity index (χ1) is 18.0. The second-order valence-electron chi connectivity index (χ2n) is 7.98. The van der Waals surface area contributed by atoms with Crippen LogP contribution in [0.15, 0.2) is 81.0 Å². The summed E-state index contributed by atoms with van der Waals surface area (Å²) in [6.45, 7) is 2.17. The summed E-state index contributed by atoms with van der Waals surface area (Å²) < 4.78 is 36.3. The monoisotopic (exact) mass is 618 g/mol. The van der Waals surface area contributed by atoms with Crippen molar-refractivity contribution in [2.75, 3.05) is 13.2 Å². The molecule has 38 heavy (non-hydrogen) atoms. The molecule has 0 atom stereocenters. The van der Waals surface area contributed by atoms with Gasteiger partial charge in [-0.1, -0.05) is 18.2 Å². The Labute approximate surface area is 230 Å². The van der Waals surface area contributed by atoms with Crippen LogP contribution in [0.5, 0.6) is 11.5 Å². The molecule has 10 nitrogen and oxygen atoms in total. The van der Waals surface area contributed by atoms with Crippen LogP contribution in [0.4, 0.5) is 10.5 Å². The van der Waals surface area contributed by atoms with Crippen molar-refractivity contribution in [3.05, 3.63) is 97.3 Å². The Kier molecular flexibility index (Phi) is 8.19. The van der Waals surface area contributed by atoms with Crippen LogP contribution in [-0.2, 0) is 14.9 Å². The number of aryl methyl sites for hydroxylation is 1. The lowest BCUT2D eigenvalue weighted by atomic mass is 10.2. The van der Waals surface area contributed by atoms with Crippen LogP contribution in [-0.4, -0.2) is 42.5 Å². The third-order valence-electron chi connectivity index (χ3n) is 5.24. The number of benzene rings is 3. The number of amides is 2. The molecule has 2 amide bonds. The van der Waals surface area contributed by atoms with Gasteiger partial charge in [0.05, 0.1) is 20.8 Å². The molecule has 196 valence electrons. The van der Waals surface area contributed by atoms with Gasteiger partial charge in [-0.2, -0.15) is 8.42 Å². The topological polar surface area (TPSA) is 133 Å². The minimum atomic E-state index is -4.26. The number of nitrogens with zero attached hydrogens (tertiary/aromatic N) is 2. The van der Waals surface area contributed by atoms with Crippen molar-refractivity contribution in [2.45, 2.75) is 11.8 Å². The molecule has 1 aliphatic rings. The molecule has 0 unspecified atom stereocenters. The fourth-order valence-electron chi connectivity index (χ4n) is 3.38. The van der Waals surface area contributed by atoms with E-state index in [2.05, 4.69) is 15.9 Å². The summed E-state index contributed by atoms with van der Waals surface area (Å²) in [5.74, 6) is 0.169. The molecule has 1 fully saturated rings. The van der Waals surface area contributed by atoms with Crippen LogP contribution in [0.1, 0.15) is 11.1 Å². The van der Waals surface area contributed by atoms with E-state index in [0.717, 1.165) is 46.5 Å². The molecule has 0 aromatic heterocycles. The molecule has 1 heterocycles. The largest absolute Gasteiger partial charge is 0.492 e. The van der Waals surface area contributed by atoms with E-state index >= 15 is 0 Å². The first-order valence-corrected chi connectivity index (χ1v) is 14.0. The van der Waals surface area contributed by atoms with Crippen LogP contribution in [0.2, 0.25) is 0 Å². The van der Waals surface area contributed by atoms with Gasteiger partial charge in [0, 0.05) is 12.1 Å². The number of imide groups is 1. The molecular formula is C25H19BrN2O8S2. The van der Waals surface area contributed by atoms with Crippen molar-refractivity contribution in [3.8, 4) is 11.5 Å². The smallest absolute Gasteiger partial charge is 0.339 e. The summed E-state index contributed by atoms with van der Waals surface area (Å²) in [4.78, 5) is 36.4. The minimum absolute atomic E-state index is 0.0260. The maximum absolute atomic E-state index is 12.8. The zero-order valence-electron chi connectivity index (χ0n) is 19.7. The molecule has 3 aromatic rings. The van der Waals surface area contributed by atoms with Crippen LogP contribution in [0.25, 0.3) is 6.08 Å². The van der Waals surface area contributed by atoms with Gasteiger partial charge in [0.25, 0.3) is 16.8 Å². The van der Waals surface area contributed by atoms with Gasteiger partial charge in [0.2, 0.25) is 0 Å². The summed E-state index contributed by atoms with van der Waals surface area (Å²) in [5, 5.41) is 10.4. The van der Waals surface area contributed by atoms with Crippen LogP contribution >= 0.6 is 27.7 Å². The predicted octanol–water partition coefficient (Wildman–Crippen LogP) is 5.55. The molecule has 0 N–H and O–H groups in total. The Balaban J connectivity index is 1.42. The Bertz CT molecular complexity index is 1560. The van der Waals surface area contributed by atoms with Crippen molar-refractivity contribution in [3.63, 3.8) is 0 Å². The number of nitro groups is 1. The lowest BCUT2D eigenvalue weighted by Gasteiger charge is -2.13. The number of hydrogen-bond acceptors (Lipinski definition) is 9. The highest BCUT2D eigenvalue weighted by Gasteiger charge is 2.34. The number of rotatable bonds is 9. The average Bonchev–Trinajstić information content (AvgIpc) is 3.13. The second-order valence-corrected chi connectivity index (χ2v) is 11.4. The molecule has 0 aliphatic carbocycles. The van der Waals surface area contributed by atoms with Gasteiger partial charge in [-0.15, -0.1) is 0 Å². The number of non-ortho nitro benzene ring substituents is 1. The lowest BCUT2D eigenvalue weighted by Crippen LogP contribution is -2.32. The van der Waals surface area contributed by atoms with Crippen molar-refractivity contribution in [2.24, 2.45) is 0 Å². The Hall–Kier alpha value is -3.68. The van der Waals surface area contributed by atoms with Gasteiger partial charge in [-0.3, -0.25) is 24.6 Å². The Morgan fingerprint density at radius 1 is 1.08 bits per heavy atom. The van der Waals surface area contributed by atoms with Gasteiger partial charge >= 0.3 is 10.1 Å². The quantitative estimate of drug-likeness (QED) is 0.131. The van der Waals surface area contributed by atoms with Gasteiger partial charge in [0.15, 0.2) is 5.75 Å². The third-order valence-corrected chi connectivity index (χ3v) is 8.01. The Morgan fingerprint density at radius 3 is 2.47 bits per heavy atom. The first-order valence-electron chi connectivity index (χ1n) is 11.0. The second kappa shape index (κ2) is 11.4. The number of carbonyl (C=O) groups is 2. The average molecular weight is 619 g/mol. The Morgan fingerprint density at radius 2 is 1.82 bits per heavy atom. The highest BCUT2D eigenvalue weighted by Crippen LogP contribution is 2.34. The summed E-state index contributed by atoms with van der Waals surface area (Å²) in [6, 6.07) is 16.2. The molecule has 0 spiro atoms. The normalized spacial score (nSPS) is 14.7. The third kappa shape index (κ3) is 6.41.